The van der Waals surface area contributed by atoms with Gasteiger partial charge in [0.25, 0.3) is 0 Å². The molecule has 0 radical (unpaired) electrons. The number of carbonyl (C=O) groups is 3. The molecular formula is C61H109NO7. The van der Waals surface area contributed by atoms with Crippen molar-refractivity contribution in [2.24, 2.45) is 0 Å². The van der Waals surface area contributed by atoms with Crippen LogP contribution in [0.3, 0.4) is 0 Å². The van der Waals surface area contributed by atoms with Crippen LogP contribution in [0, 0.1) is 0 Å². The molecule has 8 heteroatoms. The van der Waals surface area contributed by atoms with Crippen molar-refractivity contribution in [3.63, 3.8) is 0 Å². The molecule has 0 heterocycles. The average Bonchev–Trinajstić information content (AvgIpc) is 3.31. The van der Waals surface area contributed by atoms with Crippen LogP contribution in [-0.2, 0) is 28.6 Å². The fourth-order valence-corrected chi connectivity index (χ4v) is 8.47. The second kappa shape index (κ2) is 51.4. The minimum atomic E-state index is -1.13. The summed E-state index contributed by atoms with van der Waals surface area (Å²) in [5.41, 5.74) is 0. The quantitative estimate of drug-likeness (QED) is 0.0259. The van der Waals surface area contributed by atoms with Gasteiger partial charge in [-0.15, -0.1) is 0 Å². The van der Waals surface area contributed by atoms with Crippen molar-refractivity contribution in [3.05, 3.63) is 60.8 Å². The Morgan fingerprint density at radius 3 is 1.22 bits per heavy atom. The number of allylic oxidation sites excluding steroid dienone is 10. The van der Waals surface area contributed by atoms with Crippen molar-refractivity contribution >= 4 is 17.9 Å². The number of carboxylic acids is 1. The van der Waals surface area contributed by atoms with Crippen LogP contribution in [0.1, 0.15) is 258 Å². The van der Waals surface area contributed by atoms with Gasteiger partial charge in [-0.25, -0.2) is 0 Å². The highest BCUT2D eigenvalue weighted by atomic mass is 16.6. The van der Waals surface area contributed by atoms with Crippen LogP contribution in [0.15, 0.2) is 60.8 Å². The topological polar surface area (TPSA) is 102 Å². The summed E-state index contributed by atoms with van der Waals surface area (Å²) in [6.45, 7) is 4.58. The van der Waals surface area contributed by atoms with Gasteiger partial charge in [-0.3, -0.25) is 9.59 Å². The van der Waals surface area contributed by atoms with Gasteiger partial charge in [0.05, 0.1) is 40.3 Å². The van der Waals surface area contributed by atoms with Gasteiger partial charge in [-0.2, -0.15) is 0 Å². The Morgan fingerprint density at radius 2 is 0.812 bits per heavy atom. The molecule has 0 aromatic rings. The molecular weight excluding hydrogens is 859 g/mol. The minimum Gasteiger partial charge on any atom is -0.544 e. The average molecular weight is 969 g/mol. The number of aliphatic carboxylic acids is 1. The maximum absolute atomic E-state index is 12.8. The fourth-order valence-electron chi connectivity index (χ4n) is 8.47. The molecule has 0 aromatic carbocycles. The van der Waals surface area contributed by atoms with Crippen molar-refractivity contribution < 1.29 is 38.2 Å². The molecule has 0 N–H and O–H groups in total. The number of ether oxygens (including phenoxy) is 3. The summed E-state index contributed by atoms with van der Waals surface area (Å²) in [7, 11) is 5.42. The number of unbranched alkanes of at least 4 members (excludes halogenated alkanes) is 28. The van der Waals surface area contributed by atoms with Gasteiger partial charge in [-0.05, 0) is 77.0 Å². The molecule has 400 valence electrons. The molecule has 8 nitrogen and oxygen atoms in total. The third-order valence-corrected chi connectivity index (χ3v) is 12.9. The first kappa shape index (κ1) is 66.0. The summed E-state index contributed by atoms with van der Waals surface area (Å²) in [5, 5.41) is 11.7. The van der Waals surface area contributed by atoms with E-state index in [1.165, 1.54) is 154 Å². The Labute approximate surface area is 426 Å². The number of carboxylic acid groups (broad SMARTS) is 1. The zero-order chi connectivity index (χ0) is 50.6. The molecule has 0 spiro atoms. The summed E-state index contributed by atoms with van der Waals surface area (Å²) in [6.07, 6.45) is 65.5. The number of esters is 2. The molecule has 0 aliphatic heterocycles. The van der Waals surface area contributed by atoms with Crippen LogP contribution in [0.5, 0.6) is 0 Å². The number of carbonyl (C=O) groups excluding carboxylic acids is 3. The smallest absolute Gasteiger partial charge is 0.306 e. The Balaban J connectivity index is 4.18. The zero-order valence-electron chi connectivity index (χ0n) is 45.7. The summed E-state index contributed by atoms with van der Waals surface area (Å²) < 4.78 is 17.3. The van der Waals surface area contributed by atoms with Gasteiger partial charge in [0.2, 0.25) is 0 Å². The number of likely N-dealkylation sites (N-methyl/N-ethyl adjacent to an activating group) is 1. The highest BCUT2D eigenvalue weighted by molar-refractivity contribution is 5.70. The van der Waals surface area contributed by atoms with Crippen LogP contribution < -0.4 is 5.11 Å². The van der Waals surface area contributed by atoms with Gasteiger partial charge in [0.1, 0.15) is 12.6 Å². The highest BCUT2D eigenvalue weighted by Crippen LogP contribution is 2.16. The predicted octanol–water partition coefficient (Wildman–Crippen LogP) is 15.9. The molecule has 0 saturated carbocycles. The Kier molecular flexibility index (Phi) is 49.2. The molecule has 69 heavy (non-hydrogen) atoms. The Hall–Kier alpha value is -2.97. The van der Waals surface area contributed by atoms with Crippen LogP contribution in [0.4, 0.5) is 0 Å². The first-order chi connectivity index (χ1) is 33.6. The molecule has 0 aromatic heterocycles. The van der Waals surface area contributed by atoms with Crippen molar-refractivity contribution in [2.45, 2.75) is 270 Å². The lowest BCUT2D eigenvalue weighted by molar-refractivity contribution is -0.889. The third kappa shape index (κ3) is 49.8. The van der Waals surface area contributed by atoms with E-state index in [0.717, 1.165) is 70.6 Å². The van der Waals surface area contributed by atoms with E-state index in [1.54, 1.807) is 0 Å². The predicted molar refractivity (Wildman–Crippen MR) is 291 cm³/mol. The van der Waals surface area contributed by atoms with Gasteiger partial charge in [0.15, 0.2) is 6.10 Å². The van der Waals surface area contributed by atoms with E-state index < -0.39 is 18.1 Å². The third-order valence-electron chi connectivity index (χ3n) is 12.9. The molecule has 0 bridgehead atoms. The van der Waals surface area contributed by atoms with E-state index in [-0.39, 0.29) is 42.7 Å². The Morgan fingerprint density at radius 1 is 0.449 bits per heavy atom. The largest absolute Gasteiger partial charge is 0.544 e. The summed E-state index contributed by atoms with van der Waals surface area (Å²) in [4.78, 5) is 37.2. The highest BCUT2D eigenvalue weighted by Gasteiger charge is 2.25. The van der Waals surface area contributed by atoms with E-state index in [4.69, 9.17) is 14.2 Å². The summed E-state index contributed by atoms with van der Waals surface area (Å²) in [5.74, 6) is -1.74. The van der Waals surface area contributed by atoms with Crippen molar-refractivity contribution in [2.75, 3.05) is 41.0 Å². The van der Waals surface area contributed by atoms with Gasteiger partial charge in [0, 0.05) is 19.3 Å². The maximum Gasteiger partial charge on any atom is 0.306 e. The second-order valence-corrected chi connectivity index (χ2v) is 20.5. The van der Waals surface area contributed by atoms with Crippen LogP contribution in [0.25, 0.3) is 0 Å². The van der Waals surface area contributed by atoms with Crippen LogP contribution in [0.2, 0.25) is 0 Å². The molecule has 0 saturated heterocycles. The SMILES string of the molecule is CC/C=C/C/C=C/C/C=C/C/C=C/CCCCCCCCCCCC(=O)OCC(COCCC(C(=O)[O-])[N+](C)(C)C)OC(=O)CCCCCCCCC/C=C/CCCCCCCCCCCCCC. The van der Waals surface area contributed by atoms with E-state index in [2.05, 4.69) is 74.6 Å². The number of quaternary nitrogens is 1. The number of hydrogen-bond acceptors (Lipinski definition) is 7. The van der Waals surface area contributed by atoms with Crippen molar-refractivity contribution in [3.8, 4) is 0 Å². The molecule has 0 aliphatic rings. The van der Waals surface area contributed by atoms with E-state index in [0.29, 0.717) is 12.8 Å². The first-order valence-electron chi connectivity index (χ1n) is 28.8. The molecule has 2 atom stereocenters. The lowest BCUT2D eigenvalue weighted by Crippen LogP contribution is -2.55. The molecule has 0 aliphatic carbocycles. The lowest BCUT2D eigenvalue weighted by Gasteiger charge is -2.34. The second-order valence-electron chi connectivity index (χ2n) is 20.5. The zero-order valence-corrected chi connectivity index (χ0v) is 45.7. The fraction of sp³-hybridized carbons (Fsp3) is 0.787. The van der Waals surface area contributed by atoms with Gasteiger partial charge < -0.3 is 28.6 Å². The molecule has 0 amide bonds. The summed E-state index contributed by atoms with van der Waals surface area (Å²) in [6, 6.07) is -0.730. The number of nitrogens with zero attached hydrogens (tertiary/aromatic N) is 1. The van der Waals surface area contributed by atoms with Crippen LogP contribution >= 0.6 is 0 Å². The first-order valence-corrected chi connectivity index (χ1v) is 28.8. The standard InChI is InChI=1S/C61H109NO7/c1-6-8-10-12-14-16-18-20-22-24-26-28-30-32-34-36-38-40-42-44-46-48-50-52-60(64)69-57(55-67-54-53-58(61(65)66)62(3,4)5)56-68-59(63)51-49-47-45-43-41-39-37-35-33-31-29-27-25-23-21-19-17-15-13-11-9-7-2/h9,11,15,17,21,23,27,29,32,34,57-58H,6-8,10,12-14,16,18-20,22,24-26,28,30-31,33,35-56H2,1-5H3/b11-9+,17-15+,23-21+,29-27+,34-32+. The lowest BCUT2D eigenvalue weighted by atomic mass is 10.0. The van der Waals surface area contributed by atoms with Gasteiger partial charge >= 0.3 is 11.9 Å². The Bertz CT molecular complexity index is 1310. The number of rotatable bonds is 52. The van der Waals surface area contributed by atoms with Crippen molar-refractivity contribution in [1.82, 2.24) is 0 Å². The number of hydrogen-bond donors (Lipinski definition) is 0. The molecule has 2 unspecified atom stereocenters. The van der Waals surface area contributed by atoms with Crippen LogP contribution in [-0.4, -0.2) is 75.5 Å². The maximum atomic E-state index is 12.8. The van der Waals surface area contributed by atoms with E-state index in [1.807, 2.05) is 21.1 Å². The van der Waals surface area contributed by atoms with Gasteiger partial charge in [-0.1, -0.05) is 222 Å². The van der Waals surface area contributed by atoms with E-state index in [9.17, 15) is 19.5 Å². The minimum absolute atomic E-state index is 0.0367. The normalized spacial score (nSPS) is 13.2. The monoisotopic (exact) mass is 968 g/mol. The van der Waals surface area contributed by atoms with Crippen molar-refractivity contribution in [1.29, 1.82) is 0 Å². The van der Waals surface area contributed by atoms with E-state index >= 15 is 0 Å². The molecule has 0 rings (SSSR count). The summed E-state index contributed by atoms with van der Waals surface area (Å²) >= 11 is 0. The molecule has 0 fully saturated rings.